The predicted octanol–water partition coefficient (Wildman–Crippen LogP) is 1.04. The molecule has 3 heterocycles. The zero-order valence-corrected chi connectivity index (χ0v) is 11.1. The highest BCUT2D eigenvalue weighted by Crippen LogP contribution is 2.20. The number of rotatable bonds is 4. The molecule has 6 nitrogen and oxygen atoms in total. The summed E-state index contributed by atoms with van der Waals surface area (Å²) in [5.41, 5.74) is 2.00. The van der Waals surface area contributed by atoms with E-state index in [0.29, 0.717) is 6.04 Å². The Labute approximate surface area is 112 Å². The van der Waals surface area contributed by atoms with Gasteiger partial charge in [-0.3, -0.25) is 19.5 Å². The van der Waals surface area contributed by atoms with E-state index < -0.39 is 0 Å². The Kier molecular flexibility index (Phi) is 3.50. The largest absolute Gasteiger partial charge is 0.293 e. The second kappa shape index (κ2) is 5.44. The van der Waals surface area contributed by atoms with Crippen molar-refractivity contribution < 1.29 is 0 Å². The third-order valence-electron chi connectivity index (χ3n) is 3.56. The van der Waals surface area contributed by atoms with Crippen molar-refractivity contribution in [1.82, 2.24) is 29.6 Å². The molecule has 0 bridgehead atoms. The van der Waals surface area contributed by atoms with Gasteiger partial charge < -0.3 is 0 Å². The van der Waals surface area contributed by atoms with Crippen LogP contribution >= 0.6 is 0 Å². The monoisotopic (exact) mass is 258 g/mol. The van der Waals surface area contributed by atoms with Crippen LogP contribution in [0.5, 0.6) is 0 Å². The average molecular weight is 258 g/mol. The Balaban J connectivity index is 1.64. The summed E-state index contributed by atoms with van der Waals surface area (Å²) >= 11 is 0. The quantitative estimate of drug-likeness (QED) is 0.820. The second-order valence-corrected chi connectivity index (χ2v) is 5.03. The molecule has 0 aromatic carbocycles. The Morgan fingerprint density at radius 2 is 2.26 bits per heavy atom. The van der Waals surface area contributed by atoms with E-state index in [9.17, 15) is 0 Å². The Morgan fingerprint density at radius 3 is 3.00 bits per heavy atom. The highest BCUT2D eigenvalue weighted by molar-refractivity contribution is 5.01. The van der Waals surface area contributed by atoms with Crippen LogP contribution in [0.1, 0.15) is 24.2 Å². The van der Waals surface area contributed by atoms with Gasteiger partial charge in [0.25, 0.3) is 0 Å². The van der Waals surface area contributed by atoms with E-state index in [-0.39, 0.29) is 0 Å². The van der Waals surface area contributed by atoms with Gasteiger partial charge in [0, 0.05) is 25.0 Å². The van der Waals surface area contributed by atoms with Crippen molar-refractivity contribution >= 4 is 0 Å². The van der Waals surface area contributed by atoms with Crippen LogP contribution in [0.2, 0.25) is 0 Å². The molecular weight excluding hydrogens is 240 g/mol. The Morgan fingerprint density at radius 1 is 1.32 bits per heavy atom. The van der Waals surface area contributed by atoms with Gasteiger partial charge in [-0.15, -0.1) is 0 Å². The fourth-order valence-corrected chi connectivity index (χ4v) is 2.56. The molecule has 2 aromatic heterocycles. The number of aryl methyl sites for hydroxylation is 1. The summed E-state index contributed by atoms with van der Waals surface area (Å²) in [6.07, 6.45) is 9.52. The third kappa shape index (κ3) is 2.96. The topological polar surface area (TPSA) is 59.7 Å². The first-order valence-corrected chi connectivity index (χ1v) is 6.65. The first kappa shape index (κ1) is 12.2. The van der Waals surface area contributed by atoms with E-state index >= 15 is 0 Å². The zero-order valence-electron chi connectivity index (χ0n) is 11.1. The van der Waals surface area contributed by atoms with Crippen molar-refractivity contribution in [3.05, 3.63) is 36.4 Å². The summed E-state index contributed by atoms with van der Waals surface area (Å²) < 4.78 is 1.91. The van der Waals surface area contributed by atoms with Gasteiger partial charge in [-0.2, -0.15) is 5.10 Å². The van der Waals surface area contributed by atoms with E-state index in [4.69, 9.17) is 0 Å². The molecule has 0 spiro atoms. The van der Waals surface area contributed by atoms with E-state index in [2.05, 4.69) is 25.0 Å². The fraction of sp³-hybridized carbons (Fsp3) is 0.538. The van der Waals surface area contributed by atoms with Gasteiger partial charge >= 0.3 is 0 Å². The van der Waals surface area contributed by atoms with E-state index in [1.165, 1.54) is 12.8 Å². The Hall–Kier alpha value is -1.82. The smallest absolute Gasteiger partial charge is 0.137 e. The van der Waals surface area contributed by atoms with Crippen LogP contribution in [0.4, 0.5) is 0 Å². The number of aromatic nitrogens is 5. The molecule has 1 atom stereocenters. The number of nitrogens with zero attached hydrogens (tertiary/aromatic N) is 6. The standard InChI is InChI=1S/C13H18N6/c1-11-5-16-12(6-15-11)7-18-4-2-3-13(18)8-19-10-14-9-17-19/h5-6,9-10,13H,2-4,7-8H2,1H3/t13-/m1/s1. The highest BCUT2D eigenvalue weighted by Gasteiger charge is 2.25. The van der Waals surface area contributed by atoms with Gasteiger partial charge in [-0.05, 0) is 26.3 Å². The van der Waals surface area contributed by atoms with Crippen LogP contribution in [0.25, 0.3) is 0 Å². The molecule has 100 valence electrons. The van der Waals surface area contributed by atoms with Gasteiger partial charge in [0.1, 0.15) is 12.7 Å². The lowest BCUT2D eigenvalue weighted by atomic mass is 10.2. The number of likely N-dealkylation sites (tertiary alicyclic amines) is 1. The van der Waals surface area contributed by atoms with Crippen molar-refractivity contribution in [2.24, 2.45) is 0 Å². The maximum absolute atomic E-state index is 4.43. The normalized spacial score (nSPS) is 19.9. The molecule has 1 fully saturated rings. The molecule has 0 N–H and O–H groups in total. The van der Waals surface area contributed by atoms with E-state index in [1.54, 1.807) is 12.7 Å². The van der Waals surface area contributed by atoms with Gasteiger partial charge in [-0.25, -0.2) is 4.98 Å². The summed E-state index contributed by atoms with van der Waals surface area (Å²) in [5.74, 6) is 0. The summed E-state index contributed by atoms with van der Waals surface area (Å²) in [6.45, 7) is 4.85. The molecule has 0 saturated carbocycles. The van der Waals surface area contributed by atoms with Crippen molar-refractivity contribution in [3.63, 3.8) is 0 Å². The van der Waals surface area contributed by atoms with Gasteiger partial charge in [0.05, 0.1) is 17.9 Å². The fourth-order valence-electron chi connectivity index (χ4n) is 2.56. The van der Waals surface area contributed by atoms with Crippen molar-refractivity contribution in [1.29, 1.82) is 0 Å². The van der Waals surface area contributed by atoms with Crippen LogP contribution in [-0.4, -0.2) is 42.2 Å². The van der Waals surface area contributed by atoms with Crippen LogP contribution in [0, 0.1) is 6.92 Å². The van der Waals surface area contributed by atoms with E-state index in [1.807, 2.05) is 24.0 Å². The summed E-state index contributed by atoms with van der Waals surface area (Å²) in [7, 11) is 0. The molecule has 1 aliphatic rings. The van der Waals surface area contributed by atoms with Crippen molar-refractivity contribution in [2.45, 2.75) is 38.9 Å². The first-order valence-electron chi connectivity index (χ1n) is 6.65. The SMILES string of the molecule is Cc1cnc(CN2CCC[C@@H]2Cn2cncn2)cn1. The first-order chi connectivity index (χ1) is 9.31. The molecule has 19 heavy (non-hydrogen) atoms. The zero-order chi connectivity index (χ0) is 13.1. The lowest BCUT2D eigenvalue weighted by Gasteiger charge is -2.23. The minimum absolute atomic E-state index is 0.518. The minimum atomic E-state index is 0.518. The van der Waals surface area contributed by atoms with Crippen molar-refractivity contribution in [2.75, 3.05) is 6.54 Å². The molecule has 1 saturated heterocycles. The number of hydrogen-bond donors (Lipinski definition) is 0. The van der Waals surface area contributed by atoms with E-state index in [0.717, 1.165) is 31.0 Å². The number of hydrogen-bond acceptors (Lipinski definition) is 5. The van der Waals surface area contributed by atoms with Crippen LogP contribution in [-0.2, 0) is 13.1 Å². The molecule has 0 unspecified atom stereocenters. The lowest BCUT2D eigenvalue weighted by molar-refractivity contribution is 0.216. The summed E-state index contributed by atoms with van der Waals surface area (Å²) in [5, 5.41) is 4.18. The predicted molar refractivity (Wildman–Crippen MR) is 70.2 cm³/mol. The van der Waals surface area contributed by atoms with Gasteiger partial charge in [0.15, 0.2) is 0 Å². The maximum atomic E-state index is 4.43. The molecule has 0 amide bonds. The van der Waals surface area contributed by atoms with Crippen molar-refractivity contribution in [3.8, 4) is 0 Å². The molecule has 1 aliphatic heterocycles. The summed E-state index contributed by atoms with van der Waals surface area (Å²) in [6, 6.07) is 0.518. The molecule has 3 rings (SSSR count). The van der Waals surface area contributed by atoms with Crippen LogP contribution < -0.4 is 0 Å². The molecule has 2 aromatic rings. The second-order valence-electron chi connectivity index (χ2n) is 5.03. The molecular formula is C13H18N6. The van der Waals surface area contributed by atoms with Gasteiger partial charge in [0.2, 0.25) is 0 Å². The maximum Gasteiger partial charge on any atom is 0.137 e. The molecule has 6 heteroatoms. The Bertz CT molecular complexity index is 506. The molecule has 0 radical (unpaired) electrons. The molecule has 0 aliphatic carbocycles. The van der Waals surface area contributed by atoms with Crippen LogP contribution in [0.15, 0.2) is 25.0 Å². The highest BCUT2D eigenvalue weighted by atomic mass is 15.3. The third-order valence-corrected chi connectivity index (χ3v) is 3.56. The van der Waals surface area contributed by atoms with Gasteiger partial charge in [-0.1, -0.05) is 0 Å². The average Bonchev–Trinajstić information content (AvgIpc) is 3.06. The summed E-state index contributed by atoms with van der Waals surface area (Å²) in [4.78, 5) is 15.2. The van der Waals surface area contributed by atoms with Crippen LogP contribution in [0.3, 0.4) is 0 Å². The minimum Gasteiger partial charge on any atom is -0.293 e. The lowest BCUT2D eigenvalue weighted by Crippen LogP contribution is -2.33.